The van der Waals surface area contributed by atoms with E-state index in [9.17, 15) is 42.2 Å². The zero-order chi connectivity index (χ0) is 56.5. The summed E-state index contributed by atoms with van der Waals surface area (Å²) in [7, 11) is 0. The number of nitrogens with one attached hydrogen (secondary N) is 3. The Labute approximate surface area is 458 Å². The molecular formula is C55H66F5N13O5S. The predicted molar refractivity (Wildman–Crippen MR) is 288 cm³/mol. The summed E-state index contributed by atoms with van der Waals surface area (Å²) in [5, 5.41) is 30.7. The molecule has 3 aliphatic heterocycles. The van der Waals surface area contributed by atoms with Crippen molar-refractivity contribution in [2.75, 3.05) is 49.5 Å². The number of hydrogen-bond acceptors (Lipinski definition) is 15. The van der Waals surface area contributed by atoms with Gasteiger partial charge in [0.25, 0.3) is 6.43 Å². The normalized spacial score (nSPS) is 20.6. The van der Waals surface area contributed by atoms with Crippen LogP contribution in [-0.2, 0) is 20.9 Å². The lowest BCUT2D eigenvalue weighted by Gasteiger charge is -2.44. The Bertz CT molecular complexity index is 3170. The number of fused-ring (bicyclic) bond motifs is 1. The number of alkyl halides is 2. The number of β-amino-alcohol motifs (C(OH)–C–C–N with tert-alkyl or cyclic N) is 1. The molecule has 79 heavy (non-hydrogen) atoms. The first-order valence-electron chi connectivity index (χ1n) is 26.4. The van der Waals surface area contributed by atoms with Crippen molar-refractivity contribution in [2.45, 2.75) is 128 Å². The number of piperidine rings is 2. The fourth-order valence-electron chi connectivity index (χ4n) is 10.9. The van der Waals surface area contributed by atoms with Crippen LogP contribution in [0, 0.1) is 29.8 Å². The number of carbonyl (C=O) groups is 3. The Kier molecular flexibility index (Phi) is 17.0. The number of imidazole rings is 1. The maximum absolute atomic E-state index is 15.1. The fraction of sp³-hybridized carbons (Fsp3) is 0.491. The SMILES string of the molecule is Cc1ncsc1-c1ccc([C@H](C)NC(=O)[C@@H]2C[C@@H](O)CN2C(=O)[C@@H](NC(=O)CCN2CCC(Nc3ncnc4c3ncn4Cc3cc(-c4cc(F)c(F)cc4F)ncc3N3CCC[C@](N)([C@@H](O)C(F)F)C3)CC2)C(C)(C)C)cc1. The number of halogens is 5. The first-order chi connectivity index (χ1) is 37.6. The number of anilines is 2. The lowest BCUT2D eigenvalue weighted by molar-refractivity contribution is -0.144. The fourth-order valence-corrected chi connectivity index (χ4v) is 11.7. The van der Waals surface area contributed by atoms with Crippen LogP contribution in [0.4, 0.5) is 33.5 Å². The van der Waals surface area contributed by atoms with E-state index in [0.29, 0.717) is 85.8 Å². The Morgan fingerprint density at radius 2 is 1.68 bits per heavy atom. The third kappa shape index (κ3) is 12.7. The van der Waals surface area contributed by atoms with Crippen LogP contribution < -0.4 is 26.6 Å². The second-order valence-corrected chi connectivity index (χ2v) is 23.0. The second-order valence-electron chi connectivity index (χ2n) is 22.1. The first kappa shape index (κ1) is 57.0. The van der Waals surface area contributed by atoms with E-state index in [2.05, 4.69) is 45.8 Å². The van der Waals surface area contributed by atoms with Gasteiger partial charge in [0.1, 0.15) is 35.8 Å². The summed E-state index contributed by atoms with van der Waals surface area (Å²) >= 11 is 1.56. The number of nitrogens with two attached hydrogens (primary N) is 1. The molecule has 0 aliphatic carbocycles. The molecule has 18 nitrogen and oxygen atoms in total. The van der Waals surface area contributed by atoms with Crippen molar-refractivity contribution in [1.29, 1.82) is 0 Å². The zero-order valence-electron chi connectivity index (χ0n) is 44.6. The number of aliphatic hydroxyl groups excluding tert-OH is 2. The van der Waals surface area contributed by atoms with Crippen molar-refractivity contribution in [2.24, 2.45) is 11.1 Å². The average Bonchev–Trinajstić information content (AvgIpc) is 4.39. The summed E-state index contributed by atoms with van der Waals surface area (Å²) in [6.45, 7) is 11.3. The highest BCUT2D eigenvalue weighted by atomic mass is 32.1. The first-order valence-corrected chi connectivity index (χ1v) is 27.3. The molecule has 0 saturated carbocycles. The number of aromatic nitrogens is 6. The van der Waals surface area contributed by atoms with Crippen molar-refractivity contribution in [3.05, 3.63) is 101 Å². The molecule has 3 saturated heterocycles. The lowest BCUT2D eigenvalue weighted by atomic mass is 9.84. The van der Waals surface area contributed by atoms with Gasteiger partial charge in [0.15, 0.2) is 23.1 Å². The van der Waals surface area contributed by atoms with E-state index in [1.54, 1.807) is 32.6 Å². The number of nitrogens with zero attached hydrogens (tertiary/aromatic N) is 9. The minimum Gasteiger partial charge on any atom is -0.391 e. The maximum Gasteiger partial charge on any atom is 0.265 e. The van der Waals surface area contributed by atoms with Gasteiger partial charge in [-0.15, -0.1) is 11.3 Å². The molecule has 2 aromatic carbocycles. The number of carbonyl (C=O) groups excluding carboxylic acids is 3. The smallest absolute Gasteiger partial charge is 0.265 e. The summed E-state index contributed by atoms with van der Waals surface area (Å²) in [4.78, 5) is 70.5. The summed E-state index contributed by atoms with van der Waals surface area (Å²) in [6.07, 6.45) is 0.292. The number of aryl methyl sites for hydroxylation is 1. The third-order valence-electron chi connectivity index (χ3n) is 15.4. The second kappa shape index (κ2) is 23.5. The molecule has 9 rings (SSSR count). The molecule has 4 aromatic heterocycles. The van der Waals surface area contributed by atoms with Gasteiger partial charge in [0, 0.05) is 69.8 Å². The van der Waals surface area contributed by atoms with E-state index < -0.39 is 65.0 Å². The molecule has 0 spiro atoms. The highest BCUT2D eigenvalue weighted by molar-refractivity contribution is 7.13. The van der Waals surface area contributed by atoms with Crippen LogP contribution in [-0.4, -0.2) is 149 Å². The highest BCUT2D eigenvalue weighted by Crippen LogP contribution is 2.36. The molecule has 7 heterocycles. The number of aliphatic hydroxyl groups is 2. The van der Waals surface area contributed by atoms with Crippen molar-refractivity contribution >= 4 is 51.7 Å². The van der Waals surface area contributed by atoms with Crippen LogP contribution in [0.25, 0.3) is 32.9 Å². The number of amides is 3. The van der Waals surface area contributed by atoms with Gasteiger partial charge in [-0.05, 0) is 73.8 Å². The molecule has 6 atom stereocenters. The number of benzene rings is 2. The van der Waals surface area contributed by atoms with Gasteiger partial charge in [-0.3, -0.25) is 19.4 Å². The Morgan fingerprint density at radius 1 is 0.949 bits per heavy atom. The predicted octanol–water partition coefficient (Wildman–Crippen LogP) is 6.35. The molecule has 0 radical (unpaired) electrons. The molecular weight excluding hydrogens is 1050 g/mol. The standard InChI is InChI=1S/C55H66F5N13O5S/c1-30(32-7-9-33(10-8-32)46-31(2)66-29-79-46)67-52(77)42-20-36(74)25-73(42)53(78)47(54(3,4)5)69-44(75)13-18-70-16-11-35(12-17-70)68-50-45-51(64-27-63-50)72(28-65-45)24-34-19-41(37-21-39(57)40(58)22-38(37)56)62-23-43(34)71-15-6-14-55(61,26-71)48(76)49(59)60/h7-10,19,21-23,27-30,35-36,42,47-49,74,76H,6,11-18,20,24-26,61H2,1-5H3,(H,67,77)(H,69,75)(H,63,64,68)/t30-,36+,42-,47+,48-,55+/m0/s1. The molecule has 24 heteroatoms. The lowest BCUT2D eigenvalue weighted by Crippen LogP contribution is -2.63. The zero-order valence-corrected chi connectivity index (χ0v) is 45.4. The van der Waals surface area contributed by atoms with Gasteiger partial charge in [-0.1, -0.05) is 45.0 Å². The number of likely N-dealkylation sites (tertiary alicyclic amines) is 2. The van der Waals surface area contributed by atoms with Gasteiger partial charge >= 0.3 is 0 Å². The summed E-state index contributed by atoms with van der Waals surface area (Å²) in [6, 6.07) is 8.22. The van der Waals surface area contributed by atoms with E-state index >= 15 is 4.39 Å². The van der Waals surface area contributed by atoms with Crippen molar-refractivity contribution in [3.63, 3.8) is 0 Å². The quantitative estimate of drug-likeness (QED) is 0.0432. The van der Waals surface area contributed by atoms with Crippen molar-refractivity contribution in [3.8, 4) is 21.7 Å². The van der Waals surface area contributed by atoms with Crippen LogP contribution in [0.5, 0.6) is 0 Å². The molecule has 6 aromatic rings. The summed E-state index contributed by atoms with van der Waals surface area (Å²) in [5.74, 6) is -4.36. The Hall–Kier alpha value is -6.73. The van der Waals surface area contributed by atoms with Gasteiger partial charge in [0.05, 0.1) is 64.2 Å². The maximum atomic E-state index is 15.1. The van der Waals surface area contributed by atoms with Crippen molar-refractivity contribution < 1.29 is 46.5 Å². The van der Waals surface area contributed by atoms with Gasteiger partial charge in [-0.2, -0.15) is 0 Å². The van der Waals surface area contributed by atoms with E-state index in [-0.39, 0.29) is 74.1 Å². The molecule has 3 amide bonds. The highest BCUT2D eigenvalue weighted by Gasteiger charge is 2.46. The molecule has 0 bridgehead atoms. The van der Waals surface area contributed by atoms with Crippen LogP contribution in [0.3, 0.4) is 0 Å². The van der Waals surface area contributed by atoms with Gasteiger partial charge in [0.2, 0.25) is 17.7 Å². The van der Waals surface area contributed by atoms with Crippen LogP contribution in [0.15, 0.2) is 66.8 Å². The van der Waals surface area contributed by atoms with Crippen molar-refractivity contribution in [1.82, 2.24) is 49.9 Å². The number of thiazole rings is 1. The molecule has 422 valence electrons. The number of rotatable bonds is 17. The van der Waals surface area contributed by atoms with Gasteiger partial charge < -0.3 is 51.2 Å². The number of pyridine rings is 1. The summed E-state index contributed by atoms with van der Waals surface area (Å²) in [5.41, 5.74) is 10.1. The topological polar surface area (TPSA) is 233 Å². The Balaban J connectivity index is 0.810. The van der Waals surface area contributed by atoms with E-state index in [0.717, 1.165) is 21.7 Å². The van der Waals surface area contributed by atoms with Crippen LogP contribution in [0.2, 0.25) is 0 Å². The molecule has 7 N–H and O–H groups in total. The minimum absolute atomic E-state index is 0.0150. The molecule has 3 fully saturated rings. The van der Waals surface area contributed by atoms with E-state index in [1.807, 2.05) is 58.9 Å². The minimum atomic E-state index is -3.08. The van der Waals surface area contributed by atoms with E-state index in [1.165, 1.54) is 23.5 Å². The van der Waals surface area contributed by atoms with E-state index in [4.69, 9.17) is 5.73 Å². The summed E-state index contributed by atoms with van der Waals surface area (Å²) < 4.78 is 72.7. The van der Waals surface area contributed by atoms with Gasteiger partial charge in [-0.25, -0.2) is 41.9 Å². The number of hydrogen-bond donors (Lipinski definition) is 6. The average molecular weight is 1120 g/mol. The molecule has 3 aliphatic rings. The largest absolute Gasteiger partial charge is 0.391 e. The van der Waals surface area contributed by atoms with Crippen LogP contribution in [0.1, 0.15) is 89.1 Å². The molecule has 0 unspecified atom stereocenters. The van der Waals surface area contributed by atoms with Crippen LogP contribution >= 0.6 is 11.3 Å². The Morgan fingerprint density at radius 3 is 2.38 bits per heavy atom. The third-order valence-corrected chi connectivity index (χ3v) is 16.3. The monoisotopic (exact) mass is 1120 g/mol.